The molecule has 2 aliphatic rings. The third-order valence-corrected chi connectivity index (χ3v) is 9.08. The van der Waals surface area contributed by atoms with Crippen LogP contribution >= 0.6 is 0 Å². The Kier molecular flexibility index (Phi) is 9.27. The number of hydrogen-bond donors (Lipinski definition) is 2. The van der Waals surface area contributed by atoms with E-state index in [2.05, 4.69) is 58.2 Å². The molecule has 0 bridgehead atoms. The van der Waals surface area contributed by atoms with Crippen molar-refractivity contribution in [2.24, 2.45) is 17.8 Å². The van der Waals surface area contributed by atoms with Gasteiger partial charge in [0.15, 0.2) is 0 Å². The first kappa shape index (κ1) is 29.8. The molecular weight excluding hydrogens is 524 g/mol. The Morgan fingerprint density at radius 1 is 1.00 bits per heavy atom. The number of hydrogen-bond acceptors (Lipinski definition) is 5. The molecule has 2 amide bonds. The van der Waals surface area contributed by atoms with E-state index in [1.807, 2.05) is 13.8 Å². The average molecular weight is 569 g/mol. The minimum absolute atomic E-state index is 0.00882. The Balaban J connectivity index is 1.41. The first-order chi connectivity index (χ1) is 20.2. The lowest BCUT2D eigenvalue weighted by Crippen LogP contribution is -2.37. The topological polar surface area (TPSA) is 103 Å². The molecule has 1 saturated heterocycles. The summed E-state index contributed by atoms with van der Waals surface area (Å²) in [5.74, 6) is 1.91. The van der Waals surface area contributed by atoms with Crippen LogP contribution in [0.1, 0.15) is 93.7 Å². The second-order valence-electron chi connectivity index (χ2n) is 12.8. The van der Waals surface area contributed by atoms with E-state index < -0.39 is 0 Å². The lowest BCUT2D eigenvalue weighted by Gasteiger charge is -2.34. The molecule has 0 spiro atoms. The van der Waals surface area contributed by atoms with Gasteiger partial charge in [-0.25, -0.2) is 4.98 Å². The standard InChI is InChI=1S/C34H44N6O2/c1-22(2)26-14-16-39(17-15-26)21-25-8-13-30-31(19-25)40(29-11-9-27(10-12-29)32(41)36-23(3)4)34(37-30)38-33(42)28-7-5-6-24(18-28)20-35/h5-8,13,18-19,22-23,26-27,29H,9-12,14-17,21H2,1-4H3,(H,36,41)(H,37,38,42). The van der Waals surface area contributed by atoms with Gasteiger partial charge < -0.3 is 9.88 Å². The third kappa shape index (κ3) is 6.84. The zero-order valence-electron chi connectivity index (χ0n) is 25.4. The first-order valence-corrected chi connectivity index (χ1v) is 15.6. The van der Waals surface area contributed by atoms with Crippen molar-refractivity contribution in [2.75, 3.05) is 18.4 Å². The summed E-state index contributed by atoms with van der Waals surface area (Å²) in [7, 11) is 0. The number of rotatable bonds is 8. The molecule has 3 aromatic rings. The van der Waals surface area contributed by atoms with Crippen molar-refractivity contribution in [1.29, 1.82) is 5.26 Å². The molecule has 1 aromatic heterocycles. The average Bonchev–Trinajstić information content (AvgIpc) is 3.34. The van der Waals surface area contributed by atoms with Crippen LogP contribution in [0.5, 0.6) is 0 Å². The van der Waals surface area contributed by atoms with Gasteiger partial charge in [-0.05, 0) is 113 Å². The van der Waals surface area contributed by atoms with Crippen molar-refractivity contribution in [3.05, 3.63) is 59.2 Å². The predicted octanol–water partition coefficient (Wildman–Crippen LogP) is 6.28. The van der Waals surface area contributed by atoms with E-state index in [-0.39, 0.29) is 29.8 Å². The third-order valence-electron chi connectivity index (χ3n) is 9.08. The van der Waals surface area contributed by atoms with E-state index in [1.54, 1.807) is 24.3 Å². The maximum absolute atomic E-state index is 13.3. The van der Waals surface area contributed by atoms with Gasteiger partial charge in [0, 0.05) is 30.1 Å². The van der Waals surface area contributed by atoms with Crippen LogP contribution in [0, 0.1) is 29.1 Å². The van der Waals surface area contributed by atoms with Crippen molar-refractivity contribution in [3.63, 3.8) is 0 Å². The monoisotopic (exact) mass is 568 g/mol. The van der Waals surface area contributed by atoms with E-state index >= 15 is 0 Å². The molecule has 1 saturated carbocycles. The van der Waals surface area contributed by atoms with Gasteiger partial charge in [-0.3, -0.25) is 19.8 Å². The lowest BCUT2D eigenvalue weighted by atomic mass is 9.85. The Bertz CT molecular complexity index is 1450. The number of carbonyl (C=O) groups excluding carboxylic acids is 2. The summed E-state index contributed by atoms with van der Waals surface area (Å²) in [4.78, 5) is 33.4. The number of nitriles is 1. The predicted molar refractivity (Wildman–Crippen MR) is 166 cm³/mol. The summed E-state index contributed by atoms with van der Waals surface area (Å²) in [5.41, 5.74) is 3.97. The molecule has 0 radical (unpaired) electrons. The highest BCUT2D eigenvalue weighted by atomic mass is 16.2. The second-order valence-corrected chi connectivity index (χ2v) is 12.8. The van der Waals surface area contributed by atoms with Crippen LogP contribution in [0.15, 0.2) is 42.5 Å². The molecule has 1 aliphatic heterocycles. The molecule has 42 heavy (non-hydrogen) atoms. The highest BCUT2D eigenvalue weighted by Gasteiger charge is 2.30. The number of nitrogens with one attached hydrogen (secondary N) is 2. The van der Waals surface area contributed by atoms with Crippen LogP contribution in [0.4, 0.5) is 5.95 Å². The highest BCUT2D eigenvalue weighted by Crippen LogP contribution is 2.37. The Labute approximate surface area is 249 Å². The number of benzene rings is 2. The largest absolute Gasteiger partial charge is 0.354 e. The van der Waals surface area contributed by atoms with Gasteiger partial charge in [0.1, 0.15) is 0 Å². The molecule has 8 heteroatoms. The van der Waals surface area contributed by atoms with E-state index in [0.717, 1.165) is 68.2 Å². The summed E-state index contributed by atoms with van der Waals surface area (Å²) >= 11 is 0. The van der Waals surface area contributed by atoms with Crippen LogP contribution in [-0.2, 0) is 11.3 Å². The molecule has 1 aliphatic carbocycles. The van der Waals surface area contributed by atoms with Crippen molar-refractivity contribution in [1.82, 2.24) is 19.8 Å². The maximum Gasteiger partial charge on any atom is 0.258 e. The van der Waals surface area contributed by atoms with Gasteiger partial charge in [-0.2, -0.15) is 5.26 Å². The zero-order valence-corrected chi connectivity index (χ0v) is 25.4. The molecule has 222 valence electrons. The molecule has 2 aromatic carbocycles. The Morgan fingerprint density at radius 3 is 2.40 bits per heavy atom. The minimum atomic E-state index is -0.290. The summed E-state index contributed by atoms with van der Waals surface area (Å²) in [6.45, 7) is 11.8. The number of amides is 2. The SMILES string of the molecule is CC(C)NC(=O)C1CCC(n2c(NC(=O)c3cccc(C#N)c3)nc3ccc(CN4CCC(C(C)C)CC4)cc32)CC1. The number of fused-ring (bicyclic) bond motifs is 1. The smallest absolute Gasteiger partial charge is 0.258 e. The summed E-state index contributed by atoms with van der Waals surface area (Å²) < 4.78 is 2.19. The van der Waals surface area contributed by atoms with E-state index in [1.165, 1.54) is 18.4 Å². The molecular formula is C34H44N6O2. The number of likely N-dealkylation sites (tertiary alicyclic amines) is 1. The minimum Gasteiger partial charge on any atom is -0.354 e. The number of carbonyl (C=O) groups is 2. The van der Waals surface area contributed by atoms with Crippen molar-refractivity contribution in [3.8, 4) is 6.07 Å². The Morgan fingerprint density at radius 2 is 1.74 bits per heavy atom. The number of imidazole rings is 1. The highest BCUT2D eigenvalue weighted by molar-refractivity contribution is 6.04. The van der Waals surface area contributed by atoms with Crippen molar-refractivity contribution < 1.29 is 9.59 Å². The van der Waals surface area contributed by atoms with Gasteiger partial charge in [0.25, 0.3) is 5.91 Å². The fourth-order valence-corrected chi connectivity index (χ4v) is 6.63. The molecule has 2 N–H and O–H groups in total. The van der Waals surface area contributed by atoms with E-state index in [0.29, 0.717) is 17.1 Å². The molecule has 0 unspecified atom stereocenters. The van der Waals surface area contributed by atoms with Crippen LogP contribution < -0.4 is 10.6 Å². The number of piperidine rings is 1. The molecule has 2 fully saturated rings. The molecule has 2 heterocycles. The Hall–Kier alpha value is -3.70. The van der Waals surface area contributed by atoms with Gasteiger partial charge >= 0.3 is 0 Å². The van der Waals surface area contributed by atoms with Gasteiger partial charge in [0.05, 0.1) is 22.7 Å². The van der Waals surface area contributed by atoms with E-state index in [9.17, 15) is 14.9 Å². The van der Waals surface area contributed by atoms with Gasteiger partial charge in [-0.1, -0.05) is 26.0 Å². The first-order valence-electron chi connectivity index (χ1n) is 15.6. The fraction of sp³-hybridized carbons (Fsp3) is 0.529. The van der Waals surface area contributed by atoms with Gasteiger partial charge in [-0.15, -0.1) is 0 Å². The van der Waals surface area contributed by atoms with Crippen molar-refractivity contribution in [2.45, 2.75) is 84.8 Å². The quantitative estimate of drug-likeness (QED) is 0.333. The lowest BCUT2D eigenvalue weighted by molar-refractivity contribution is -0.126. The number of aromatic nitrogens is 2. The second kappa shape index (κ2) is 13.1. The fourth-order valence-electron chi connectivity index (χ4n) is 6.63. The normalized spacial score (nSPS) is 20.1. The van der Waals surface area contributed by atoms with Gasteiger partial charge in [0.2, 0.25) is 11.9 Å². The molecule has 0 atom stereocenters. The van der Waals surface area contributed by atoms with Crippen LogP contribution in [0.25, 0.3) is 11.0 Å². The number of anilines is 1. The van der Waals surface area contributed by atoms with Crippen molar-refractivity contribution >= 4 is 28.8 Å². The molecule has 8 nitrogen and oxygen atoms in total. The maximum atomic E-state index is 13.3. The van der Waals surface area contributed by atoms with Crippen LogP contribution in [0.2, 0.25) is 0 Å². The summed E-state index contributed by atoms with van der Waals surface area (Å²) in [6, 6.07) is 15.5. The number of nitrogens with zero attached hydrogens (tertiary/aromatic N) is 4. The molecule has 5 rings (SSSR count). The van der Waals surface area contributed by atoms with Crippen LogP contribution in [0.3, 0.4) is 0 Å². The van der Waals surface area contributed by atoms with E-state index in [4.69, 9.17) is 4.98 Å². The summed E-state index contributed by atoms with van der Waals surface area (Å²) in [5, 5.41) is 15.4. The van der Waals surface area contributed by atoms with Crippen LogP contribution in [-0.4, -0.2) is 45.4 Å². The summed E-state index contributed by atoms with van der Waals surface area (Å²) in [6.07, 6.45) is 5.75. The zero-order chi connectivity index (χ0) is 29.8.